The Labute approximate surface area is 348 Å². The van der Waals surface area contributed by atoms with Crippen molar-refractivity contribution in [3.8, 4) is 28.7 Å². The molecule has 2 bridgehead atoms. The van der Waals surface area contributed by atoms with Crippen LogP contribution in [0.4, 0.5) is 0 Å². The second kappa shape index (κ2) is 18.7. The summed E-state index contributed by atoms with van der Waals surface area (Å²) in [6, 6.07) is 24.1. The van der Waals surface area contributed by atoms with Gasteiger partial charge in [-0.15, -0.1) is 0 Å². The maximum Gasteiger partial charge on any atom is 0.227 e. The summed E-state index contributed by atoms with van der Waals surface area (Å²) in [4.78, 5) is 31.0. The standard InChI is InChI=1S/C49H59NO9/c1-32-9-8-23-48(2)42(40-20-11-33(25-37(51)16-10-32)26-41(40)47(53)35-13-17-38(55-3)18-14-35)22-24-49(48,54)31-50(30-36-15-19-39(56-4)29-44(36)58-6)46(52)28-34-12-21-43(57-5)45(27-34)59-7/h9,11-15,17-21,26-27,29,37,42,51,54H,8,10,16,22-25,28,30-31H2,1-7H3. The first-order valence-corrected chi connectivity index (χ1v) is 20.4. The number of ether oxygens (including phenoxy) is 5. The molecular weight excluding hydrogens is 747 g/mol. The summed E-state index contributed by atoms with van der Waals surface area (Å²) in [5, 5.41) is 24.3. The van der Waals surface area contributed by atoms with E-state index >= 15 is 0 Å². The molecule has 4 aromatic carbocycles. The van der Waals surface area contributed by atoms with Gasteiger partial charge in [-0.2, -0.15) is 0 Å². The number of carbonyl (C=O) groups excluding carboxylic acids is 2. The third-order valence-corrected chi connectivity index (χ3v) is 12.7. The number of amides is 1. The van der Waals surface area contributed by atoms with Crippen LogP contribution in [0.3, 0.4) is 0 Å². The van der Waals surface area contributed by atoms with E-state index in [1.807, 2.05) is 36.4 Å². The number of nitrogens with zero attached hydrogens (tertiary/aromatic N) is 1. The molecule has 10 nitrogen and oxygen atoms in total. The SMILES string of the molecule is COc1ccc(C(=O)c2cc3ccc2C2CCC(O)(CN(Cc4ccc(OC)cc4OC)C(=O)Cc4ccc(OC)c(OC)c4)C2(C)CCC=C(C)CCC(O)C3)cc1. The minimum absolute atomic E-state index is 0.0516. The number of aliphatic hydroxyl groups is 2. The number of aliphatic hydroxyl groups excluding tert-OH is 1. The van der Waals surface area contributed by atoms with E-state index in [9.17, 15) is 19.8 Å². The zero-order valence-corrected chi connectivity index (χ0v) is 35.5. The maximum atomic E-state index is 14.7. The van der Waals surface area contributed by atoms with Crippen LogP contribution >= 0.6 is 0 Å². The first kappa shape index (κ1) is 43.3. The highest BCUT2D eigenvalue weighted by Gasteiger charge is 2.57. The van der Waals surface area contributed by atoms with Gasteiger partial charge in [0.1, 0.15) is 17.2 Å². The molecule has 4 atom stereocenters. The van der Waals surface area contributed by atoms with Gasteiger partial charge in [0.25, 0.3) is 0 Å². The van der Waals surface area contributed by atoms with Crippen molar-refractivity contribution in [3.05, 3.63) is 124 Å². The molecule has 0 radical (unpaired) electrons. The van der Waals surface area contributed by atoms with Crippen LogP contribution in [-0.2, 0) is 24.2 Å². The summed E-state index contributed by atoms with van der Waals surface area (Å²) >= 11 is 0. The lowest BCUT2D eigenvalue weighted by Gasteiger charge is -2.46. The molecule has 2 N–H and O–H groups in total. The van der Waals surface area contributed by atoms with Gasteiger partial charge in [0.2, 0.25) is 5.91 Å². The normalized spacial score (nSPS) is 21.7. The highest BCUT2D eigenvalue weighted by molar-refractivity contribution is 6.10. The quantitative estimate of drug-likeness (QED) is 0.102. The van der Waals surface area contributed by atoms with E-state index in [2.05, 4.69) is 19.9 Å². The molecule has 0 heterocycles. The second-order valence-corrected chi connectivity index (χ2v) is 16.3. The topological polar surface area (TPSA) is 124 Å². The number of hydrogen-bond acceptors (Lipinski definition) is 9. The molecule has 0 aliphatic heterocycles. The van der Waals surface area contributed by atoms with E-state index in [0.717, 1.165) is 28.7 Å². The number of carbonyl (C=O) groups is 2. The molecule has 0 aromatic heterocycles. The van der Waals surface area contributed by atoms with Crippen LogP contribution in [0.2, 0.25) is 0 Å². The van der Waals surface area contributed by atoms with Crippen molar-refractivity contribution < 1.29 is 43.5 Å². The van der Waals surface area contributed by atoms with E-state index in [1.165, 1.54) is 5.57 Å². The summed E-state index contributed by atoms with van der Waals surface area (Å²) in [5.74, 6) is 2.41. The minimum Gasteiger partial charge on any atom is -0.497 e. The van der Waals surface area contributed by atoms with Crippen LogP contribution in [0.25, 0.3) is 0 Å². The first-order chi connectivity index (χ1) is 28.3. The van der Waals surface area contributed by atoms with E-state index in [-0.39, 0.29) is 37.1 Å². The van der Waals surface area contributed by atoms with Gasteiger partial charge in [0, 0.05) is 34.7 Å². The Hall–Kier alpha value is -5.32. The predicted octanol–water partition coefficient (Wildman–Crippen LogP) is 8.27. The summed E-state index contributed by atoms with van der Waals surface area (Å²) in [6.07, 6.45) is 5.79. The van der Waals surface area contributed by atoms with Crippen molar-refractivity contribution in [2.45, 2.75) is 89.4 Å². The van der Waals surface area contributed by atoms with Gasteiger partial charge >= 0.3 is 0 Å². The van der Waals surface area contributed by atoms with Crippen LogP contribution in [0, 0.1) is 5.41 Å². The zero-order valence-electron chi connectivity index (χ0n) is 35.5. The molecular formula is C49H59NO9. The van der Waals surface area contributed by atoms with Crippen LogP contribution < -0.4 is 23.7 Å². The Bertz CT molecular complexity index is 2150. The molecule has 10 heteroatoms. The fourth-order valence-corrected chi connectivity index (χ4v) is 9.11. The van der Waals surface area contributed by atoms with E-state index in [0.29, 0.717) is 78.4 Å². The lowest BCUT2D eigenvalue weighted by Crippen LogP contribution is -2.53. The number of allylic oxidation sites excluding steroid dienone is 2. The molecule has 59 heavy (non-hydrogen) atoms. The van der Waals surface area contributed by atoms with Crippen LogP contribution in [0.1, 0.15) is 96.5 Å². The lowest BCUT2D eigenvalue weighted by atomic mass is 9.64. The van der Waals surface area contributed by atoms with Crippen LogP contribution in [0.5, 0.6) is 28.7 Å². The Morgan fingerprint density at radius 1 is 0.780 bits per heavy atom. The molecule has 1 amide bonds. The van der Waals surface area contributed by atoms with Gasteiger partial charge in [-0.3, -0.25) is 9.59 Å². The Morgan fingerprint density at radius 3 is 2.19 bits per heavy atom. The van der Waals surface area contributed by atoms with Gasteiger partial charge in [-0.25, -0.2) is 0 Å². The first-order valence-electron chi connectivity index (χ1n) is 20.4. The van der Waals surface area contributed by atoms with Crippen molar-refractivity contribution >= 4 is 11.7 Å². The lowest BCUT2D eigenvalue weighted by molar-refractivity contribution is -0.140. The van der Waals surface area contributed by atoms with Crippen molar-refractivity contribution in [2.75, 3.05) is 42.1 Å². The van der Waals surface area contributed by atoms with Crippen molar-refractivity contribution in [2.24, 2.45) is 5.41 Å². The Kier molecular flexibility index (Phi) is 13.7. The average molecular weight is 806 g/mol. The minimum atomic E-state index is -1.35. The van der Waals surface area contributed by atoms with Gasteiger partial charge < -0.3 is 38.8 Å². The predicted molar refractivity (Wildman–Crippen MR) is 228 cm³/mol. The fourth-order valence-electron chi connectivity index (χ4n) is 9.11. The Morgan fingerprint density at radius 2 is 1.49 bits per heavy atom. The monoisotopic (exact) mass is 805 g/mol. The largest absolute Gasteiger partial charge is 0.497 e. The van der Waals surface area contributed by atoms with Gasteiger partial charge in [-0.1, -0.05) is 36.8 Å². The Balaban J connectivity index is 1.44. The summed E-state index contributed by atoms with van der Waals surface area (Å²) in [5.41, 5.74) is 3.42. The molecule has 314 valence electrons. The third-order valence-electron chi connectivity index (χ3n) is 12.7. The van der Waals surface area contributed by atoms with E-state index in [1.54, 1.807) is 82.9 Å². The molecule has 3 aliphatic rings. The van der Waals surface area contributed by atoms with E-state index in [4.69, 9.17) is 23.7 Å². The van der Waals surface area contributed by atoms with Crippen molar-refractivity contribution in [1.82, 2.24) is 4.90 Å². The molecule has 1 saturated carbocycles. The molecule has 4 unspecified atom stereocenters. The van der Waals surface area contributed by atoms with Crippen LogP contribution in [-0.4, -0.2) is 80.6 Å². The van der Waals surface area contributed by atoms with Gasteiger partial charge in [0.15, 0.2) is 17.3 Å². The number of fused-ring (bicyclic) bond motifs is 8. The average Bonchev–Trinajstić information content (AvgIpc) is 3.50. The fraction of sp³-hybridized carbons (Fsp3) is 0.429. The summed E-state index contributed by atoms with van der Waals surface area (Å²) < 4.78 is 27.6. The number of ketones is 1. The van der Waals surface area contributed by atoms with Crippen molar-refractivity contribution in [3.63, 3.8) is 0 Å². The highest BCUT2D eigenvalue weighted by Crippen LogP contribution is 2.59. The van der Waals surface area contributed by atoms with Gasteiger partial charge in [0.05, 0.1) is 60.2 Å². The molecule has 3 aliphatic carbocycles. The number of methoxy groups -OCH3 is 5. The molecule has 0 spiro atoms. The van der Waals surface area contributed by atoms with Crippen molar-refractivity contribution in [1.29, 1.82) is 0 Å². The maximum absolute atomic E-state index is 14.7. The summed E-state index contributed by atoms with van der Waals surface area (Å²) in [7, 11) is 7.91. The van der Waals surface area contributed by atoms with Gasteiger partial charge in [-0.05, 0) is 129 Å². The number of hydrogen-bond donors (Lipinski definition) is 2. The molecule has 7 rings (SSSR count). The molecule has 1 fully saturated rings. The highest BCUT2D eigenvalue weighted by atomic mass is 16.5. The second-order valence-electron chi connectivity index (χ2n) is 16.3. The van der Waals surface area contributed by atoms with Crippen LogP contribution in [0.15, 0.2) is 90.5 Å². The number of benzene rings is 4. The number of rotatable bonds is 13. The molecule has 0 saturated heterocycles. The zero-order chi connectivity index (χ0) is 42.3. The third kappa shape index (κ3) is 9.45. The van der Waals surface area contributed by atoms with E-state index < -0.39 is 17.1 Å². The smallest absolute Gasteiger partial charge is 0.227 e. The summed E-state index contributed by atoms with van der Waals surface area (Å²) in [6.45, 7) is 4.45. The molecule has 4 aromatic rings.